The van der Waals surface area contributed by atoms with Gasteiger partial charge in [-0.15, -0.1) is 0 Å². The Labute approximate surface area is 226 Å². The first kappa shape index (κ1) is 25.6. The summed E-state index contributed by atoms with van der Waals surface area (Å²) in [5, 5.41) is 24.0. The minimum Gasteiger partial charge on any atom is -0.543 e. The Morgan fingerprint density at radius 1 is 1.26 bits per heavy atom. The summed E-state index contributed by atoms with van der Waals surface area (Å²) in [5.41, 5.74) is 2.33. The molecule has 0 aliphatic carbocycles. The molecule has 39 heavy (non-hydrogen) atoms. The summed E-state index contributed by atoms with van der Waals surface area (Å²) in [7, 11) is -1.83. The van der Waals surface area contributed by atoms with Crippen molar-refractivity contribution < 1.29 is 32.8 Å². The van der Waals surface area contributed by atoms with Crippen molar-refractivity contribution in [1.82, 2.24) is 9.47 Å². The maximum Gasteiger partial charge on any atom is 0.243 e. The molecule has 3 aliphatic rings. The van der Waals surface area contributed by atoms with E-state index in [1.807, 2.05) is 48.5 Å². The van der Waals surface area contributed by atoms with Crippen molar-refractivity contribution >= 4 is 38.4 Å². The number of aliphatic hydroxyl groups is 1. The number of carboxylic acids is 1. The van der Waals surface area contributed by atoms with Gasteiger partial charge in [-0.2, -0.15) is 0 Å². The molecule has 204 valence electrons. The number of anilines is 1. The van der Waals surface area contributed by atoms with Crippen molar-refractivity contribution in [1.29, 1.82) is 0 Å². The minimum atomic E-state index is -3.79. The number of aliphatic carboxylic acids is 1. The maximum atomic E-state index is 13.5. The smallest absolute Gasteiger partial charge is 0.243 e. The van der Waals surface area contributed by atoms with E-state index in [0.29, 0.717) is 16.8 Å². The zero-order valence-corrected chi connectivity index (χ0v) is 22.8. The largest absolute Gasteiger partial charge is 0.543 e. The average Bonchev–Trinajstić information content (AvgIpc) is 3.48. The van der Waals surface area contributed by atoms with E-state index in [2.05, 4.69) is 10.6 Å². The zero-order valence-electron chi connectivity index (χ0n) is 21.9. The number of aryl methyl sites for hydroxylation is 3. The summed E-state index contributed by atoms with van der Waals surface area (Å²) in [6.45, 7) is 3.87. The normalized spacial score (nSPS) is 24.2. The van der Waals surface area contributed by atoms with E-state index in [-0.39, 0.29) is 18.0 Å². The highest BCUT2D eigenvalue weighted by molar-refractivity contribution is 7.92. The number of β-lactam (4-membered cyclic amide) rings is 1. The number of aromatic nitrogens is 2. The number of carbonyl (C=O) groups excluding carboxylic acids is 2. The van der Waals surface area contributed by atoms with E-state index < -0.39 is 45.9 Å². The number of sulfonamides is 1. The molecule has 0 unspecified atom stereocenters. The van der Waals surface area contributed by atoms with Crippen LogP contribution in [0.5, 0.6) is 0 Å². The van der Waals surface area contributed by atoms with Crippen molar-refractivity contribution in [2.24, 2.45) is 18.9 Å². The Morgan fingerprint density at radius 3 is 2.67 bits per heavy atom. The lowest BCUT2D eigenvalue weighted by Gasteiger charge is -2.47. The predicted octanol–water partition coefficient (Wildman–Crippen LogP) is 0.220. The van der Waals surface area contributed by atoms with E-state index in [4.69, 9.17) is 0 Å². The van der Waals surface area contributed by atoms with Gasteiger partial charge in [-0.05, 0) is 34.9 Å². The fourth-order valence-corrected chi connectivity index (χ4v) is 8.07. The topological polar surface area (TPSA) is 127 Å². The van der Waals surface area contributed by atoms with Crippen LogP contribution in [0.4, 0.5) is 5.69 Å². The number of carbonyl (C=O) groups is 2. The fraction of sp³-hybridized carbons (Fsp3) is 0.393. The zero-order chi connectivity index (χ0) is 27.8. The number of imidazole rings is 1. The number of hydrogen-bond acceptors (Lipinski definition) is 6. The van der Waals surface area contributed by atoms with E-state index in [1.165, 1.54) is 11.2 Å². The number of fused-ring (bicyclic) bond motifs is 4. The minimum absolute atomic E-state index is 0.192. The lowest BCUT2D eigenvalue weighted by molar-refractivity contribution is -0.671. The van der Waals surface area contributed by atoms with Crippen LogP contribution in [0.2, 0.25) is 0 Å². The van der Waals surface area contributed by atoms with Gasteiger partial charge in [0.15, 0.2) is 0 Å². The fourth-order valence-electron chi connectivity index (χ4n) is 6.44. The summed E-state index contributed by atoms with van der Waals surface area (Å²) >= 11 is 0. The average molecular weight is 551 g/mol. The van der Waals surface area contributed by atoms with Gasteiger partial charge in [0.05, 0.1) is 61.3 Å². The summed E-state index contributed by atoms with van der Waals surface area (Å²) in [4.78, 5) is 26.0. The number of carboxylic acid groups (broad SMARTS) is 1. The highest BCUT2D eigenvalue weighted by Crippen LogP contribution is 2.48. The van der Waals surface area contributed by atoms with Crippen molar-refractivity contribution in [2.45, 2.75) is 44.7 Å². The van der Waals surface area contributed by atoms with Crippen molar-refractivity contribution in [3.8, 4) is 0 Å². The number of rotatable bonds is 7. The molecule has 3 aliphatic heterocycles. The summed E-state index contributed by atoms with van der Waals surface area (Å²) in [5.74, 6) is -3.37. The molecule has 4 heterocycles. The van der Waals surface area contributed by atoms with Crippen LogP contribution in [0.1, 0.15) is 25.0 Å². The van der Waals surface area contributed by atoms with Crippen LogP contribution in [0.25, 0.3) is 10.8 Å². The Bertz CT molecular complexity index is 1670. The molecule has 1 saturated heterocycles. The number of hydrogen-bond donors (Lipinski definition) is 1. The molecule has 1 amide bonds. The monoisotopic (exact) mass is 550 g/mol. The molecule has 0 bridgehead atoms. The predicted molar refractivity (Wildman–Crippen MR) is 140 cm³/mol. The Morgan fingerprint density at radius 2 is 2.00 bits per heavy atom. The van der Waals surface area contributed by atoms with Gasteiger partial charge in [-0.3, -0.25) is 9.10 Å². The second-order valence-corrected chi connectivity index (χ2v) is 12.8. The molecule has 0 spiro atoms. The van der Waals surface area contributed by atoms with Crippen LogP contribution >= 0.6 is 0 Å². The van der Waals surface area contributed by atoms with Gasteiger partial charge >= 0.3 is 0 Å². The van der Waals surface area contributed by atoms with Crippen molar-refractivity contribution in [2.75, 3.05) is 10.8 Å². The highest BCUT2D eigenvalue weighted by Gasteiger charge is 2.59. The van der Waals surface area contributed by atoms with Gasteiger partial charge in [-0.1, -0.05) is 31.2 Å². The molecule has 6 rings (SSSR count). The van der Waals surface area contributed by atoms with Gasteiger partial charge in [-0.25, -0.2) is 17.6 Å². The SMILES string of the molecule is C[C@@H](O)[C@H]1C(=O)N2C(C(=O)[O-])=C(CN3c4ccc5ccc(CCn6cc[n+](C)c6)cc5c4CS3(=O)=O)[C@H](C)[C@H]12. The second kappa shape index (κ2) is 8.92. The van der Waals surface area contributed by atoms with Crippen molar-refractivity contribution in [3.05, 3.63) is 71.4 Å². The molecular formula is C28H30N4O6S. The Kier molecular flexibility index (Phi) is 5.85. The lowest BCUT2D eigenvalue weighted by Crippen LogP contribution is -2.64. The third-order valence-electron chi connectivity index (χ3n) is 8.41. The molecule has 1 aromatic heterocycles. The number of benzene rings is 2. The summed E-state index contributed by atoms with van der Waals surface area (Å²) < 4.78 is 32.2. The summed E-state index contributed by atoms with van der Waals surface area (Å²) in [6.07, 6.45) is 5.81. The Balaban J connectivity index is 1.35. The maximum absolute atomic E-state index is 13.5. The highest BCUT2D eigenvalue weighted by atomic mass is 32.2. The molecule has 4 atom stereocenters. The standard InChI is InChI=1S/C28H30N4O6S/c1-16-21(26(28(35)36)32-25(16)24(17(2)33)27(32)34)13-31-23-7-6-19-5-4-18(8-9-30-11-10-29(3)15-30)12-20(19)22(23)14-39(31,37)38/h4-7,10-12,15-17,24-25,33H,8-9,13-14H2,1-3H3/t16-,17+,24+,25+/m0/s1. The van der Waals surface area contributed by atoms with Crippen LogP contribution in [0.15, 0.2) is 60.3 Å². The van der Waals surface area contributed by atoms with E-state index in [9.17, 15) is 28.2 Å². The van der Waals surface area contributed by atoms with Crippen LogP contribution in [0.3, 0.4) is 0 Å². The third-order valence-corrected chi connectivity index (χ3v) is 10.1. The van der Waals surface area contributed by atoms with E-state index in [1.54, 1.807) is 13.0 Å². The Hall–Kier alpha value is -3.70. The van der Waals surface area contributed by atoms with Crippen LogP contribution in [-0.2, 0) is 45.4 Å². The van der Waals surface area contributed by atoms with E-state index in [0.717, 1.165) is 34.2 Å². The van der Waals surface area contributed by atoms with Gasteiger partial charge in [0.1, 0.15) is 12.4 Å². The molecule has 3 aromatic rings. The number of nitrogens with zero attached hydrogens (tertiary/aromatic N) is 4. The quantitative estimate of drug-likeness (QED) is 0.331. The molecule has 0 radical (unpaired) electrons. The number of amides is 1. The number of aliphatic hydroxyl groups excluding tert-OH is 1. The van der Waals surface area contributed by atoms with Crippen LogP contribution < -0.4 is 14.0 Å². The first-order valence-corrected chi connectivity index (χ1v) is 14.6. The molecule has 2 aromatic carbocycles. The molecule has 11 heteroatoms. The first-order valence-electron chi connectivity index (χ1n) is 13.0. The molecule has 0 saturated carbocycles. The molecule has 1 fully saturated rings. The molecule has 10 nitrogen and oxygen atoms in total. The van der Waals surface area contributed by atoms with Gasteiger partial charge in [0.2, 0.25) is 22.3 Å². The second-order valence-electron chi connectivity index (χ2n) is 10.9. The van der Waals surface area contributed by atoms with Gasteiger partial charge < -0.3 is 19.9 Å². The van der Waals surface area contributed by atoms with E-state index >= 15 is 0 Å². The third kappa shape index (κ3) is 3.94. The lowest BCUT2D eigenvalue weighted by atomic mass is 9.78. The van der Waals surface area contributed by atoms with Gasteiger partial charge in [0.25, 0.3) is 0 Å². The molecule has 1 N–H and O–H groups in total. The summed E-state index contributed by atoms with van der Waals surface area (Å²) in [6, 6.07) is 9.20. The van der Waals surface area contributed by atoms with Gasteiger partial charge in [0, 0.05) is 17.9 Å². The van der Waals surface area contributed by atoms with Crippen molar-refractivity contribution in [3.63, 3.8) is 0 Å². The molecular weight excluding hydrogens is 520 g/mol. The van der Waals surface area contributed by atoms with Crippen LogP contribution in [0, 0.1) is 11.8 Å². The first-order chi connectivity index (χ1) is 18.5. The van der Waals surface area contributed by atoms with Crippen LogP contribution in [-0.4, -0.2) is 53.6 Å².